The molecule has 6 heteroatoms. The van der Waals surface area contributed by atoms with E-state index in [1.54, 1.807) is 36.7 Å². The number of thioether (sulfide) groups is 1. The van der Waals surface area contributed by atoms with Crippen molar-refractivity contribution in [3.8, 4) is 22.8 Å². The highest BCUT2D eigenvalue weighted by Gasteiger charge is 2.13. The SMILES string of the molecule is O=c1oc(-c2ccc(OCc3cccnc3)cc2)cc(O)c1SCCc1ccccc1. The average Bonchev–Trinajstić information content (AvgIpc) is 2.81. The van der Waals surface area contributed by atoms with E-state index in [1.165, 1.54) is 23.4 Å². The van der Waals surface area contributed by atoms with Crippen LogP contribution in [-0.4, -0.2) is 15.8 Å². The zero-order valence-corrected chi connectivity index (χ0v) is 17.5. The Morgan fingerprint density at radius 2 is 1.74 bits per heavy atom. The van der Waals surface area contributed by atoms with E-state index in [9.17, 15) is 9.90 Å². The lowest BCUT2D eigenvalue weighted by Gasteiger charge is -2.08. The number of aryl methyl sites for hydroxylation is 1. The number of nitrogens with zero attached hydrogens (tertiary/aromatic N) is 1. The first-order valence-corrected chi connectivity index (χ1v) is 10.8. The highest BCUT2D eigenvalue weighted by molar-refractivity contribution is 7.99. The Bertz CT molecular complexity index is 1180. The molecule has 31 heavy (non-hydrogen) atoms. The second kappa shape index (κ2) is 10.00. The molecule has 4 aromatic rings. The van der Waals surface area contributed by atoms with Gasteiger partial charge in [0.05, 0.1) is 0 Å². The smallest absolute Gasteiger partial charge is 0.353 e. The average molecular weight is 432 g/mol. The van der Waals surface area contributed by atoms with Crippen LogP contribution < -0.4 is 10.4 Å². The molecule has 2 heterocycles. The largest absolute Gasteiger partial charge is 0.506 e. The molecule has 0 saturated carbocycles. The minimum absolute atomic E-state index is 0.0683. The van der Waals surface area contributed by atoms with Crippen LogP contribution >= 0.6 is 11.8 Å². The van der Waals surface area contributed by atoms with E-state index in [0.29, 0.717) is 29.4 Å². The number of aromatic nitrogens is 1. The molecule has 0 spiro atoms. The molecule has 0 bridgehead atoms. The quantitative estimate of drug-likeness (QED) is 0.381. The zero-order valence-electron chi connectivity index (χ0n) is 16.7. The summed E-state index contributed by atoms with van der Waals surface area (Å²) >= 11 is 1.30. The van der Waals surface area contributed by atoms with E-state index in [-0.39, 0.29) is 10.6 Å². The van der Waals surface area contributed by atoms with Gasteiger partial charge in [-0.25, -0.2) is 4.79 Å². The summed E-state index contributed by atoms with van der Waals surface area (Å²) in [6, 6.07) is 22.5. The molecule has 4 rings (SSSR count). The van der Waals surface area contributed by atoms with Gasteiger partial charge in [0.2, 0.25) is 0 Å². The summed E-state index contributed by atoms with van der Waals surface area (Å²) in [5.41, 5.74) is 2.30. The first kappa shape index (κ1) is 20.8. The fourth-order valence-corrected chi connectivity index (χ4v) is 3.93. The van der Waals surface area contributed by atoms with Crippen molar-refractivity contribution in [1.82, 2.24) is 4.98 Å². The molecule has 0 aliphatic heterocycles. The summed E-state index contributed by atoms with van der Waals surface area (Å²) in [5, 5.41) is 10.4. The third-order valence-electron chi connectivity index (χ3n) is 4.64. The molecule has 0 amide bonds. The Hall–Kier alpha value is -3.51. The monoisotopic (exact) mass is 431 g/mol. The Kier molecular flexibility index (Phi) is 6.69. The maximum absolute atomic E-state index is 12.4. The maximum atomic E-state index is 12.4. The summed E-state index contributed by atoms with van der Waals surface area (Å²) in [6.07, 6.45) is 4.27. The normalized spacial score (nSPS) is 10.7. The van der Waals surface area contributed by atoms with Gasteiger partial charge < -0.3 is 14.3 Å². The fourth-order valence-electron chi connectivity index (χ4n) is 3.03. The van der Waals surface area contributed by atoms with Crippen LogP contribution in [0.1, 0.15) is 11.1 Å². The third kappa shape index (κ3) is 5.55. The Balaban J connectivity index is 1.40. The summed E-state index contributed by atoms with van der Waals surface area (Å²) in [5.74, 6) is 1.60. The summed E-state index contributed by atoms with van der Waals surface area (Å²) in [4.78, 5) is 16.7. The van der Waals surface area contributed by atoms with Gasteiger partial charge in [0.1, 0.15) is 28.8 Å². The van der Waals surface area contributed by atoms with Crippen molar-refractivity contribution >= 4 is 11.8 Å². The van der Waals surface area contributed by atoms with Gasteiger partial charge in [-0.15, -0.1) is 11.8 Å². The molecule has 1 N–H and O–H groups in total. The number of benzene rings is 2. The van der Waals surface area contributed by atoms with Crippen molar-refractivity contribution in [3.63, 3.8) is 0 Å². The number of ether oxygens (including phenoxy) is 1. The molecule has 0 atom stereocenters. The molecule has 2 aromatic heterocycles. The van der Waals surface area contributed by atoms with Gasteiger partial charge in [0.25, 0.3) is 0 Å². The van der Waals surface area contributed by atoms with E-state index >= 15 is 0 Å². The second-order valence-electron chi connectivity index (χ2n) is 6.87. The van der Waals surface area contributed by atoms with E-state index in [1.807, 2.05) is 42.5 Å². The van der Waals surface area contributed by atoms with Crippen molar-refractivity contribution < 1.29 is 14.3 Å². The second-order valence-corrected chi connectivity index (χ2v) is 7.98. The van der Waals surface area contributed by atoms with Crippen molar-refractivity contribution in [2.24, 2.45) is 0 Å². The molecular weight excluding hydrogens is 410 g/mol. The molecule has 0 radical (unpaired) electrons. The summed E-state index contributed by atoms with van der Waals surface area (Å²) in [7, 11) is 0. The maximum Gasteiger partial charge on any atom is 0.353 e. The van der Waals surface area contributed by atoms with Crippen LogP contribution in [-0.2, 0) is 13.0 Å². The number of hydrogen-bond acceptors (Lipinski definition) is 6. The van der Waals surface area contributed by atoms with E-state index in [2.05, 4.69) is 4.98 Å². The number of aromatic hydroxyl groups is 1. The minimum atomic E-state index is -0.537. The van der Waals surface area contributed by atoms with Crippen LogP contribution in [0, 0.1) is 0 Å². The highest BCUT2D eigenvalue weighted by atomic mass is 32.2. The van der Waals surface area contributed by atoms with Crippen molar-refractivity contribution in [3.05, 3.63) is 107 Å². The molecule has 156 valence electrons. The van der Waals surface area contributed by atoms with Gasteiger partial charge in [-0.2, -0.15) is 0 Å². The van der Waals surface area contributed by atoms with Crippen molar-refractivity contribution in [2.45, 2.75) is 17.9 Å². The predicted molar refractivity (Wildman–Crippen MR) is 122 cm³/mol. The van der Waals surface area contributed by atoms with E-state index in [4.69, 9.17) is 9.15 Å². The topological polar surface area (TPSA) is 72.6 Å². The van der Waals surface area contributed by atoms with Crippen LogP contribution in [0.3, 0.4) is 0 Å². The Morgan fingerprint density at radius 1 is 0.968 bits per heavy atom. The summed E-state index contributed by atoms with van der Waals surface area (Å²) < 4.78 is 11.2. The van der Waals surface area contributed by atoms with Crippen LogP contribution in [0.5, 0.6) is 11.5 Å². The van der Waals surface area contributed by atoms with Gasteiger partial charge >= 0.3 is 5.63 Å². The van der Waals surface area contributed by atoms with Gasteiger partial charge in [0, 0.05) is 35.3 Å². The first-order valence-electron chi connectivity index (χ1n) is 9.85. The Morgan fingerprint density at radius 3 is 2.45 bits per heavy atom. The van der Waals surface area contributed by atoms with Crippen LogP contribution in [0.15, 0.2) is 99.3 Å². The fraction of sp³-hybridized carbons (Fsp3) is 0.120. The number of rotatable bonds is 8. The predicted octanol–water partition coefficient (Wildman–Crippen LogP) is 5.32. The molecule has 0 unspecified atom stereocenters. The molecule has 2 aromatic carbocycles. The number of hydrogen-bond donors (Lipinski definition) is 1. The molecule has 0 fully saturated rings. The van der Waals surface area contributed by atoms with Crippen LogP contribution in [0.4, 0.5) is 0 Å². The van der Waals surface area contributed by atoms with Gasteiger partial charge in [-0.05, 0) is 42.3 Å². The van der Waals surface area contributed by atoms with Crippen molar-refractivity contribution in [2.75, 3.05) is 5.75 Å². The van der Waals surface area contributed by atoms with Crippen LogP contribution in [0.2, 0.25) is 0 Å². The number of pyridine rings is 1. The molecule has 0 aliphatic carbocycles. The van der Waals surface area contributed by atoms with Gasteiger partial charge in [-0.1, -0.05) is 36.4 Å². The van der Waals surface area contributed by atoms with Gasteiger partial charge in [-0.3, -0.25) is 4.98 Å². The van der Waals surface area contributed by atoms with E-state index in [0.717, 1.165) is 12.0 Å². The third-order valence-corrected chi connectivity index (χ3v) is 5.71. The standard InChI is InChI=1S/C25H21NO4S/c27-22-15-23(30-25(28)24(22)31-14-12-18-5-2-1-3-6-18)20-8-10-21(11-9-20)29-17-19-7-4-13-26-16-19/h1-11,13,15-16,27H,12,14,17H2. The minimum Gasteiger partial charge on any atom is -0.506 e. The van der Waals surface area contributed by atoms with E-state index < -0.39 is 5.63 Å². The lowest BCUT2D eigenvalue weighted by molar-refractivity contribution is 0.306. The van der Waals surface area contributed by atoms with Gasteiger partial charge in [0.15, 0.2) is 0 Å². The Labute approximate surface area is 184 Å². The molecular formula is C25H21NO4S. The van der Waals surface area contributed by atoms with Crippen LogP contribution in [0.25, 0.3) is 11.3 Å². The first-order chi connectivity index (χ1) is 15.2. The summed E-state index contributed by atoms with van der Waals surface area (Å²) in [6.45, 7) is 0.415. The lowest BCUT2D eigenvalue weighted by atomic mass is 10.1. The molecule has 5 nitrogen and oxygen atoms in total. The zero-order chi connectivity index (χ0) is 21.5. The molecule has 0 aliphatic rings. The highest BCUT2D eigenvalue weighted by Crippen LogP contribution is 2.31. The lowest BCUT2D eigenvalue weighted by Crippen LogP contribution is -2.04. The molecule has 0 saturated heterocycles. The van der Waals surface area contributed by atoms with Crippen molar-refractivity contribution in [1.29, 1.82) is 0 Å².